The van der Waals surface area contributed by atoms with E-state index < -0.39 is 0 Å². The largest absolute Gasteiger partial charge is 0.253 e. The first-order valence-electron chi connectivity index (χ1n) is 5.95. The van der Waals surface area contributed by atoms with Crippen LogP contribution in [0, 0.1) is 6.92 Å². The van der Waals surface area contributed by atoms with Gasteiger partial charge in [0.1, 0.15) is 10.8 Å². The van der Waals surface area contributed by atoms with Gasteiger partial charge in [-0.25, -0.2) is 9.97 Å². The minimum Gasteiger partial charge on any atom is -0.253 e. The molecule has 2 heterocycles. The molecule has 0 fully saturated rings. The van der Waals surface area contributed by atoms with E-state index in [1.165, 1.54) is 0 Å². The summed E-state index contributed by atoms with van der Waals surface area (Å²) in [7, 11) is 0. The fraction of sp³-hybridized carbons (Fsp3) is 0.357. The maximum Gasteiger partial charge on any atom is 0.179 e. The number of pyridine rings is 1. The molecule has 0 N–H and O–H groups in total. The SMILES string of the molecule is Cc1ccnc(-c2nc(Cl)c(Br)c(C(C)(C)C)n2)c1. The highest BCUT2D eigenvalue weighted by Crippen LogP contribution is 2.33. The molecule has 0 amide bonds. The van der Waals surface area contributed by atoms with E-state index in [0.29, 0.717) is 11.0 Å². The number of aromatic nitrogens is 3. The minimum atomic E-state index is -0.121. The average Bonchev–Trinajstić information content (AvgIpc) is 2.31. The zero-order chi connectivity index (χ0) is 14.2. The number of halogens is 2. The molecule has 0 bridgehead atoms. The van der Waals surface area contributed by atoms with Crippen LogP contribution in [-0.2, 0) is 5.41 Å². The van der Waals surface area contributed by atoms with Gasteiger partial charge in [0, 0.05) is 11.6 Å². The highest BCUT2D eigenvalue weighted by Gasteiger charge is 2.23. The lowest BCUT2D eigenvalue weighted by Crippen LogP contribution is -2.16. The number of aryl methyl sites for hydroxylation is 1. The van der Waals surface area contributed by atoms with Crippen molar-refractivity contribution in [3.05, 3.63) is 39.2 Å². The lowest BCUT2D eigenvalue weighted by atomic mass is 9.92. The Hall–Kier alpha value is -1.00. The molecule has 0 saturated carbocycles. The summed E-state index contributed by atoms with van der Waals surface area (Å²) in [5, 5.41) is 0.415. The molecule has 2 aromatic rings. The van der Waals surface area contributed by atoms with Crippen molar-refractivity contribution >= 4 is 27.5 Å². The Morgan fingerprint density at radius 1 is 1.21 bits per heavy atom. The van der Waals surface area contributed by atoms with Crippen LogP contribution in [0.1, 0.15) is 32.0 Å². The number of nitrogens with zero attached hydrogens (tertiary/aromatic N) is 3. The molecule has 0 radical (unpaired) electrons. The van der Waals surface area contributed by atoms with Crippen molar-refractivity contribution in [3.63, 3.8) is 0 Å². The first-order chi connectivity index (χ1) is 8.79. The summed E-state index contributed by atoms with van der Waals surface area (Å²) in [6.07, 6.45) is 1.75. The Labute approximate surface area is 126 Å². The molecule has 0 aliphatic carbocycles. The summed E-state index contributed by atoms with van der Waals surface area (Å²) < 4.78 is 0.748. The Morgan fingerprint density at radius 3 is 2.47 bits per heavy atom. The molecule has 0 atom stereocenters. The van der Waals surface area contributed by atoms with Gasteiger partial charge in [-0.3, -0.25) is 4.98 Å². The molecule has 19 heavy (non-hydrogen) atoms. The molecule has 0 aliphatic heterocycles. The number of rotatable bonds is 1. The van der Waals surface area contributed by atoms with Gasteiger partial charge in [0.2, 0.25) is 0 Å². The zero-order valence-electron chi connectivity index (χ0n) is 11.3. The van der Waals surface area contributed by atoms with Crippen LogP contribution < -0.4 is 0 Å². The third-order valence-corrected chi connectivity index (χ3v) is 3.92. The molecule has 2 aromatic heterocycles. The second-order valence-corrected chi connectivity index (χ2v) is 6.62. The second-order valence-electron chi connectivity index (χ2n) is 5.47. The van der Waals surface area contributed by atoms with E-state index in [9.17, 15) is 0 Å². The molecule has 0 saturated heterocycles. The molecular formula is C14H15BrClN3. The Kier molecular flexibility index (Phi) is 3.92. The summed E-state index contributed by atoms with van der Waals surface area (Å²) in [5.74, 6) is 0.557. The van der Waals surface area contributed by atoms with Crippen molar-refractivity contribution in [1.82, 2.24) is 15.0 Å². The molecule has 2 rings (SSSR count). The summed E-state index contributed by atoms with van der Waals surface area (Å²) >= 11 is 9.65. The first-order valence-corrected chi connectivity index (χ1v) is 7.12. The maximum atomic E-state index is 6.19. The maximum absolute atomic E-state index is 6.19. The van der Waals surface area contributed by atoms with Crippen LogP contribution in [0.25, 0.3) is 11.5 Å². The van der Waals surface area contributed by atoms with Gasteiger partial charge in [0.25, 0.3) is 0 Å². The van der Waals surface area contributed by atoms with Gasteiger partial charge >= 0.3 is 0 Å². The van der Waals surface area contributed by atoms with Crippen LogP contribution in [0.5, 0.6) is 0 Å². The molecule has 0 unspecified atom stereocenters. The fourth-order valence-corrected chi connectivity index (χ4v) is 2.63. The van der Waals surface area contributed by atoms with Crippen molar-refractivity contribution in [2.75, 3.05) is 0 Å². The van der Waals surface area contributed by atoms with E-state index in [-0.39, 0.29) is 5.41 Å². The molecule has 5 heteroatoms. The first kappa shape index (κ1) is 14.4. The average molecular weight is 341 g/mol. The Morgan fingerprint density at radius 2 is 1.89 bits per heavy atom. The van der Waals surface area contributed by atoms with Crippen LogP contribution >= 0.6 is 27.5 Å². The highest BCUT2D eigenvalue weighted by molar-refractivity contribution is 9.10. The van der Waals surface area contributed by atoms with Crippen molar-refractivity contribution in [2.45, 2.75) is 33.1 Å². The third-order valence-electron chi connectivity index (χ3n) is 2.67. The van der Waals surface area contributed by atoms with Crippen LogP contribution in [-0.4, -0.2) is 15.0 Å². The quantitative estimate of drug-likeness (QED) is 0.714. The van der Waals surface area contributed by atoms with E-state index in [1.54, 1.807) is 6.20 Å². The van der Waals surface area contributed by atoms with Crippen LogP contribution in [0.3, 0.4) is 0 Å². The van der Waals surface area contributed by atoms with Crippen LogP contribution in [0.4, 0.5) is 0 Å². The van der Waals surface area contributed by atoms with Gasteiger partial charge in [-0.05, 0) is 40.5 Å². The summed E-state index contributed by atoms with van der Waals surface area (Å²) in [6.45, 7) is 8.27. The third kappa shape index (κ3) is 3.12. The normalized spacial score (nSPS) is 11.7. The number of hydrogen-bond donors (Lipinski definition) is 0. The zero-order valence-corrected chi connectivity index (χ0v) is 13.7. The standard InChI is InChI=1S/C14H15BrClN3/c1-8-5-6-17-9(7-8)13-18-11(14(2,3)4)10(15)12(16)19-13/h5-7H,1-4H3. The number of hydrogen-bond acceptors (Lipinski definition) is 3. The lowest BCUT2D eigenvalue weighted by Gasteiger charge is -2.20. The van der Waals surface area contributed by atoms with Gasteiger partial charge in [-0.15, -0.1) is 0 Å². The van der Waals surface area contributed by atoms with Crippen molar-refractivity contribution in [2.24, 2.45) is 0 Å². The highest BCUT2D eigenvalue weighted by atomic mass is 79.9. The second kappa shape index (κ2) is 5.17. The molecule has 0 aromatic carbocycles. The summed E-state index contributed by atoms with van der Waals surface area (Å²) in [6, 6.07) is 3.89. The monoisotopic (exact) mass is 339 g/mol. The Balaban J connectivity index is 2.63. The van der Waals surface area contributed by atoms with Gasteiger partial charge in [-0.1, -0.05) is 32.4 Å². The molecule has 100 valence electrons. The van der Waals surface area contributed by atoms with E-state index in [2.05, 4.69) is 51.7 Å². The molecular weight excluding hydrogens is 326 g/mol. The minimum absolute atomic E-state index is 0.121. The van der Waals surface area contributed by atoms with Crippen molar-refractivity contribution < 1.29 is 0 Å². The van der Waals surface area contributed by atoms with Gasteiger partial charge < -0.3 is 0 Å². The van der Waals surface area contributed by atoms with E-state index in [0.717, 1.165) is 21.4 Å². The van der Waals surface area contributed by atoms with Crippen LogP contribution in [0.2, 0.25) is 5.15 Å². The van der Waals surface area contributed by atoms with E-state index in [4.69, 9.17) is 11.6 Å². The predicted octanol–water partition coefficient (Wildman–Crippen LogP) is 4.56. The fourth-order valence-electron chi connectivity index (χ4n) is 1.69. The van der Waals surface area contributed by atoms with Gasteiger partial charge in [0.15, 0.2) is 5.82 Å². The molecule has 3 nitrogen and oxygen atoms in total. The molecule has 0 spiro atoms. The van der Waals surface area contributed by atoms with E-state index >= 15 is 0 Å². The van der Waals surface area contributed by atoms with Crippen molar-refractivity contribution in [1.29, 1.82) is 0 Å². The predicted molar refractivity (Wildman–Crippen MR) is 81.4 cm³/mol. The topological polar surface area (TPSA) is 38.7 Å². The summed E-state index contributed by atoms with van der Waals surface area (Å²) in [5.41, 5.74) is 2.61. The Bertz CT molecular complexity index is 621. The molecule has 0 aliphatic rings. The van der Waals surface area contributed by atoms with Gasteiger partial charge in [-0.2, -0.15) is 0 Å². The van der Waals surface area contributed by atoms with Crippen molar-refractivity contribution in [3.8, 4) is 11.5 Å². The van der Waals surface area contributed by atoms with E-state index in [1.807, 2.05) is 19.1 Å². The van der Waals surface area contributed by atoms with Gasteiger partial charge in [0.05, 0.1) is 10.2 Å². The van der Waals surface area contributed by atoms with Crippen LogP contribution in [0.15, 0.2) is 22.8 Å². The smallest absolute Gasteiger partial charge is 0.179 e. The lowest BCUT2D eigenvalue weighted by molar-refractivity contribution is 0.564. The summed E-state index contributed by atoms with van der Waals surface area (Å²) in [4.78, 5) is 13.2.